The lowest BCUT2D eigenvalue weighted by atomic mass is 10.1. The van der Waals surface area contributed by atoms with E-state index < -0.39 is 22.8 Å². The lowest BCUT2D eigenvalue weighted by molar-refractivity contribution is -0.134. The lowest BCUT2D eigenvalue weighted by Gasteiger charge is -2.17. The summed E-state index contributed by atoms with van der Waals surface area (Å²) in [6, 6.07) is 4.85. The maximum absolute atomic E-state index is 13.2. The van der Waals surface area contributed by atoms with Gasteiger partial charge in [0.1, 0.15) is 17.2 Å². The number of benzene rings is 1. The molecule has 9 heteroatoms. The summed E-state index contributed by atoms with van der Waals surface area (Å²) in [7, 11) is 0. The molecule has 2 aromatic rings. The van der Waals surface area contributed by atoms with E-state index in [9.17, 15) is 27.2 Å². The van der Waals surface area contributed by atoms with Crippen molar-refractivity contribution in [1.29, 1.82) is 0 Å². The Labute approximate surface area is 144 Å². The number of halogens is 4. The Morgan fingerprint density at radius 2 is 2.04 bits per heavy atom. The van der Waals surface area contributed by atoms with E-state index in [1.54, 1.807) is 0 Å². The zero-order chi connectivity index (χ0) is 18.2. The van der Waals surface area contributed by atoms with Crippen LogP contribution in [0.5, 0.6) is 0 Å². The van der Waals surface area contributed by atoms with Crippen molar-refractivity contribution in [2.75, 3.05) is 11.4 Å². The number of hydrogen-bond acceptors (Lipinski definition) is 3. The minimum absolute atomic E-state index is 0.0137. The molecule has 1 aromatic heterocycles. The van der Waals surface area contributed by atoms with Crippen LogP contribution in [0.15, 0.2) is 29.6 Å². The van der Waals surface area contributed by atoms with Crippen molar-refractivity contribution in [3.05, 3.63) is 51.5 Å². The van der Waals surface area contributed by atoms with E-state index in [1.807, 2.05) is 0 Å². The van der Waals surface area contributed by atoms with Gasteiger partial charge in [0.15, 0.2) is 0 Å². The van der Waals surface area contributed by atoms with Crippen LogP contribution >= 0.6 is 11.3 Å². The molecule has 0 aliphatic carbocycles. The molecule has 2 amide bonds. The fourth-order valence-electron chi connectivity index (χ4n) is 2.54. The van der Waals surface area contributed by atoms with E-state index in [1.165, 1.54) is 28.5 Å². The molecule has 0 atom stereocenters. The molecule has 1 aliphatic rings. The molecule has 0 unspecified atom stereocenters. The minimum Gasteiger partial charge on any atom is -0.350 e. The Bertz CT molecular complexity index is 832. The first-order chi connectivity index (χ1) is 11.7. The molecular weight excluding hydrogens is 360 g/mol. The molecule has 2 heterocycles. The predicted molar refractivity (Wildman–Crippen MR) is 83.6 cm³/mol. The number of hydrogen-bond donors (Lipinski definition) is 1. The van der Waals surface area contributed by atoms with Gasteiger partial charge in [-0.25, -0.2) is 4.39 Å². The lowest BCUT2D eigenvalue weighted by Crippen LogP contribution is -2.38. The van der Waals surface area contributed by atoms with E-state index >= 15 is 0 Å². The Balaban J connectivity index is 1.60. The normalized spacial score (nSPS) is 13.9. The summed E-state index contributed by atoms with van der Waals surface area (Å²) in [5.41, 5.74) is 1.31. The molecule has 1 N–H and O–H groups in total. The van der Waals surface area contributed by atoms with Gasteiger partial charge in [0.25, 0.3) is 0 Å². The molecule has 0 saturated heterocycles. The monoisotopic (exact) mass is 372 g/mol. The maximum Gasteiger partial charge on any atom is 0.425 e. The average Bonchev–Trinajstić information content (AvgIpc) is 3.10. The van der Waals surface area contributed by atoms with Gasteiger partial charge < -0.3 is 10.2 Å². The van der Waals surface area contributed by atoms with Gasteiger partial charge in [-0.3, -0.25) is 9.59 Å². The highest BCUT2D eigenvalue weighted by atomic mass is 32.1. The fourth-order valence-corrected chi connectivity index (χ4v) is 3.32. The van der Waals surface area contributed by atoms with Crippen molar-refractivity contribution < 1.29 is 27.2 Å². The second kappa shape index (κ2) is 6.47. The Kier molecular flexibility index (Phi) is 4.51. The summed E-state index contributed by atoms with van der Waals surface area (Å²) in [4.78, 5) is 24.5. The molecule has 1 aromatic carbocycles. The van der Waals surface area contributed by atoms with Gasteiger partial charge in [0.2, 0.25) is 11.8 Å². The zero-order valence-electron chi connectivity index (χ0n) is 12.7. The quantitative estimate of drug-likeness (QED) is 0.839. The highest BCUT2D eigenvalue weighted by Crippen LogP contribution is 2.34. The van der Waals surface area contributed by atoms with Gasteiger partial charge in [0, 0.05) is 12.2 Å². The van der Waals surface area contributed by atoms with Crippen LogP contribution in [-0.4, -0.2) is 18.4 Å². The Morgan fingerprint density at radius 1 is 1.28 bits per heavy atom. The smallest absolute Gasteiger partial charge is 0.350 e. The van der Waals surface area contributed by atoms with Gasteiger partial charge in [-0.1, -0.05) is 0 Å². The molecule has 1 aliphatic heterocycles. The van der Waals surface area contributed by atoms with Crippen LogP contribution in [0, 0.1) is 5.82 Å². The van der Waals surface area contributed by atoms with Gasteiger partial charge in [-0.2, -0.15) is 13.2 Å². The first-order valence-electron chi connectivity index (χ1n) is 7.24. The molecule has 4 nitrogen and oxygen atoms in total. The molecule has 0 bridgehead atoms. The van der Waals surface area contributed by atoms with Crippen molar-refractivity contribution in [2.24, 2.45) is 0 Å². The van der Waals surface area contributed by atoms with Gasteiger partial charge in [-0.05, 0) is 40.8 Å². The van der Waals surface area contributed by atoms with Crippen molar-refractivity contribution in [2.45, 2.75) is 19.1 Å². The molecule has 132 valence electrons. The SMILES string of the molecule is O=C(CN1C(=O)Cc2cc(F)ccc21)NCc1csc(C(F)(F)F)c1. The third kappa shape index (κ3) is 3.81. The largest absolute Gasteiger partial charge is 0.425 e. The number of alkyl halides is 3. The molecule has 0 radical (unpaired) electrons. The highest BCUT2D eigenvalue weighted by Gasteiger charge is 2.32. The third-order valence-corrected chi connectivity index (χ3v) is 4.72. The molecule has 25 heavy (non-hydrogen) atoms. The first kappa shape index (κ1) is 17.4. The number of amides is 2. The van der Waals surface area contributed by atoms with Crippen LogP contribution in [-0.2, 0) is 28.7 Å². The number of anilines is 1. The van der Waals surface area contributed by atoms with Crippen molar-refractivity contribution >= 4 is 28.8 Å². The number of rotatable bonds is 4. The van der Waals surface area contributed by atoms with Crippen molar-refractivity contribution in [3.63, 3.8) is 0 Å². The van der Waals surface area contributed by atoms with Gasteiger partial charge in [0.05, 0.1) is 6.42 Å². The number of carbonyl (C=O) groups excluding carboxylic acids is 2. The summed E-state index contributed by atoms with van der Waals surface area (Å²) >= 11 is 0.557. The van der Waals surface area contributed by atoms with Crippen LogP contribution in [0.3, 0.4) is 0 Å². The van der Waals surface area contributed by atoms with Crippen LogP contribution in [0.4, 0.5) is 23.2 Å². The molecule has 0 saturated carbocycles. The van der Waals surface area contributed by atoms with Crippen LogP contribution < -0.4 is 10.2 Å². The van der Waals surface area contributed by atoms with Crippen LogP contribution in [0.1, 0.15) is 16.0 Å². The molecule has 0 fully saturated rings. The first-order valence-corrected chi connectivity index (χ1v) is 8.12. The van der Waals surface area contributed by atoms with Crippen LogP contribution in [0.2, 0.25) is 0 Å². The molecular formula is C16H12F4N2O2S. The fraction of sp³-hybridized carbons (Fsp3) is 0.250. The topological polar surface area (TPSA) is 49.4 Å². The van der Waals surface area contributed by atoms with E-state index in [0.717, 1.165) is 6.07 Å². The standard InChI is InChI=1S/C16H12F4N2O2S/c17-11-1-2-12-10(4-11)5-15(24)22(12)7-14(23)21-6-9-3-13(25-8-9)16(18,19)20/h1-4,8H,5-7H2,(H,21,23). The third-order valence-electron chi connectivity index (χ3n) is 3.70. The van der Waals surface area contributed by atoms with E-state index in [0.29, 0.717) is 28.2 Å². The maximum atomic E-state index is 13.2. The Morgan fingerprint density at radius 3 is 2.72 bits per heavy atom. The zero-order valence-corrected chi connectivity index (χ0v) is 13.5. The summed E-state index contributed by atoms with van der Waals surface area (Å²) in [6.45, 7) is -0.336. The Hall–Kier alpha value is -2.42. The molecule has 3 rings (SSSR count). The number of thiophene rings is 1. The number of nitrogens with zero attached hydrogens (tertiary/aromatic N) is 1. The second-order valence-electron chi connectivity index (χ2n) is 5.52. The summed E-state index contributed by atoms with van der Waals surface area (Å²) in [5, 5.41) is 3.81. The summed E-state index contributed by atoms with van der Waals surface area (Å²) in [6.07, 6.45) is -4.40. The summed E-state index contributed by atoms with van der Waals surface area (Å²) < 4.78 is 50.8. The van der Waals surface area contributed by atoms with Gasteiger partial charge >= 0.3 is 6.18 Å². The summed E-state index contributed by atoms with van der Waals surface area (Å²) in [5.74, 6) is -1.30. The number of nitrogens with one attached hydrogen (secondary N) is 1. The van der Waals surface area contributed by atoms with Crippen molar-refractivity contribution in [1.82, 2.24) is 5.32 Å². The van der Waals surface area contributed by atoms with E-state index in [-0.39, 0.29) is 25.4 Å². The van der Waals surface area contributed by atoms with E-state index in [4.69, 9.17) is 0 Å². The molecule has 0 spiro atoms. The van der Waals surface area contributed by atoms with Crippen LogP contribution in [0.25, 0.3) is 0 Å². The number of fused-ring (bicyclic) bond motifs is 1. The highest BCUT2D eigenvalue weighted by molar-refractivity contribution is 7.10. The van der Waals surface area contributed by atoms with Crippen molar-refractivity contribution in [3.8, 4) is 0 Å². The predicted octanol–water partition coefficient (Wildman–Crippen LogP) is 3.11. The second-order valence-corrected chi connectivity index (χ2v) is 6.43. The van der Waals surface area contributed by atoms with Gasteiger partial charge in [-0.15, -0.1) is 11.3 Å². The average molecular weight is 372 g/mol. The number of carbonyl (C=O) groups is 2. The van der Waals surface area contributed by atoms with E-state index in [2.05, 4.69) is 5.32 Å². The minimum atomic E-state index is -4.41.